The number of benzene rings is 2. The van der Waals surface area contributed by atoms with Crippen molar-refractivity contribution >= 4 is 29.2 Å². The molecule has 2 saturated heterocycles. The van der Waals surface area contributed by atoms with Gasteiger partial charge in [-0.05, 0) is 72.2 Å². The molecule has 3 aliphatic rings. The number of thioether (sulfide) groups is 1. The Balaban J connectivity index is 0.935. The largest absolute Gasteiger partial charge is 0.438 e. The van der Waals surface area contributed by atoms with E-state index < -0.39 is 11.7 Å². The van der Waals surface area contributed by atoms with Crippen LogP contribution in [0.15, 0.2) is 79.4 Å². The van der Waals surface area contributed by atoms with Gasteiger partial charge in [0.05, 0.1) is 25.6 Å². The highest BCUT2D eigenvalue weighted by Crippen LogP contribution is 2.32. The van der Waals surface area contributed by atoms with Gasteiger partial charge in [0.25, 0.3) is 11.8 Å². The summed E-state index contributed by atoms with van der Waals surface area (Å²) < 4.78 is 28.0. The summed E-state index contributed by atoms with van der Waals surface area (Å²) in [5, 5.41) is 10.3. The van der Waals surface area contributed by atoms with Gasteiger partial charge in [0.2, 0.25) is 5.88 Å². The molecule has 3 aromatic heterocycles. The van der Waals surface area contributed by atoms with Crippen molar-refractivity contribution in [1.82, 2.24) is 40.0 Å². The molecule has 5 heterocycles. The van der Waals surface area contributed by atoms with E-state index in [1.165, 1.54) is 28.8 Å². The van der Waals surface area contributed by atoms with Crippen LogP contribution in [0.1, 0.15) is 57.5 Å². The second kappa shape index (κ2) is 17.3. The van der Waals surface area contributed by atoms with Gasteiger partial charge in [0.1, 0.15) is 22.7 Å². The second-order valence-corrected chi connectivity index (χ2v) is 15.6. The first-order valence-electron chi connectivity index (χ1n) is 19.0. The molecule has 2 aliphatic heterocycles. The molecule has 2 amide bonds. The standard InChI is InChI=1S/C41H45FN8O4S/c42-31-23-36(39(51)46-32-6-8-33(9-7-32)47-40(52)37-25-45-50-12-2-11-43-38(37)50)41(44-24-31)54-34-4-1-3-29(22-34)35-10-5-28(26-49-15-19-55-20-16-49)21-30(35)27-48-13-17-53-18-14-48/h1-5,10-12,21-25,32-33H,6-9,13-20,26-27H2,(H,46,51)(H,47,52)/t32-,33-. The fourth-order valence-electron chi connectivity index (χ4n) is 7.58. The molecule has 0 bridgehead atoms. The van der Waals surface area contributed by atoms with Crippen LogP contribution in [0.25, 0.3) is 16.8 Å². The Morgan fingerprint density at radius 2 is 1.58 bits per heavy atom. The van der Waals surface area contributed by atoms with Crippen molar-refractivity contribution in [3.05, 3.63) is 107 Å². The highest BCUT2D eigenvalue weighted by Gasteiger charge is 2.27. The van der Waals surface area contributed by atoms with E-state index in [9.17, 15) is 14.0 Å². The van der Waals surface area contributed by atoms with Gasteiger partial charge in [-0.25, -0.2) is 18.9 Å². The summed E-state index contributed by atoms with van der Waals surface area (Å²) in [5.41, 5.74) is 5.58. The monoisotopic (exact) mass is 764 g/mol. The number of nitrogens with one attached hydrogen (secondary N) is 2. The fourth-order valence-corrected chi connectivity index (χ4v) is 8.56. The molecule has 14 heteroatoms. The van der Waals surface area contributed by atoms with Crippen LogP contribution in [0.2, 0.25) is 0 Å². The highest BCUT2D eigenvalue weighted by atomic mass is 32.2. The number of rotatable bonds is 11. The molecule has 2 N–H and O–H groups in total. The molecule has 0 radical (unpaired) electrons. The SMILES string of the molecule is O=C(N[C@H]1CC[C@H](NC(=O)c2cnn3cccnc23)CC1)c1cc(F)cnc1Oc1cccc(-c2ccc(CN3CCSCC3)cc2CN2CCOCC2)c1. The number of carbonyl (C=O) groups is 2. The van der Waals surface area contributed by atoms with E-state index in [-0.39, 0.29) is 29.4 Å². The van der Waals surface area contributed by atoms with Gasteiger partial charge in [0.15, 0.2) is 5.65 Å². The summed E-state index contributed by atoms with van der Waals surface area (Å²) in [6.07, 6.45) is 8.59. The number of morpholine rings is 1. The van der Waals surface area contributed by atoms with E-state index in [0.717, 1.165) is 75.9 Å². The molecule has 1 saturated carbocycles. The quantitative estimate of drug-likeness (QED) is 0.176. The summed E-state index contributed by atoms with van der Waals surface area (Å²) in [4.78, 5) is 40.0. The number of fused-ring (bicyclic) bond motifs is 1. The maximum Gasteiger partial charge on any atom is 0.257 e. The molecule has 2 aromatic carbocycles. The molecular weight excluding hydrogens is 720 g/mol. The van der Waals surface area contributed by atoms with Crippen LogP contribution >= 0.6 is 11.8 Å². The third-order valence-electron chi connectivity index (χ3n) is 10.5. The number of nitrogens with zero attached hydrogens (tertiary/aromatic N) is 6. The zero-order chi connectivity index (χ0) is 37.6. The Morgan fingerprint density at radius 3 is 2.36 bits per heavy atom. The van der Waals surface area contributed by atoms with Gasteiger partial charge in [-0.1, -0.05) is 30.3 Å². The molecule has 12 nitrogen and oxygen atoms in total. The van der Waals surface area contributed by atoms with Gasteiger partial charge < -0.3 is 20.1 Å². The first kappa shape index (κ1) is 37.1. The maximum atomic E-state index is 14.6. The molecule has 1 aliphatic carbocycles. The van der Waals surface area contributed by atoms with E-state index in [1.807, 2.05) is 30.0 Å². The number of carbonyl (C=O) groups excluding carboxylic acids is 2. The van der Waals surface area contributed by atoms with E-state index in [4.69, 9.17) is 9.47 Å². The lowest BCUT2D eigenvalue weighted by atomic mass is 9.91. The number of hydrogen-bond donors (Lipinski definition) is 2. The zero-order valence-electron chi connectivity index (χ0n) is 30.7. The Morgan fingerprint density at radius 1 is 0.836 bits per heavy atom. The predicted molar refractivity (Wildman–Crippen MR) is 209 cm³/mol. The van der Waals surface area contributed by atoms with Gasteiger partial charge >= 0.3 is 0 Å². The second-order valence-electron chi connectivity index (χ2n) is 14.3. The lowest BCUT2D eigenvalue weighted by molar-refractivity contribution is 0.0342. The molecule has 55 heavy (non-hydrogen) atoms. The van der Waals surface area contributed by atoms with Gasteiger partial charge in [-0.15, -0.1) is 0 Å². The maximum absolute atomic E-state index is 14.6. The Kier molecular flexibility index (Phi) is 11.6. The summed E-state index contributed by atoms with van der Waals surface area (Å²) >= 11 is 2.02. The van der Waals surface area contributed by atoms with Crippen molar-refractivity contribution in [3.63, 3.8) is 0 Å². The number of halogens is 1. The van der Waals surface area contributed by atoms with E-state index >= 15 is 0 Å². The fraction of sp³-hybridized carbons (Fsp3) is 0.390. The molecule has 0 spiro atoms. The average Bonchev–Trinajstić information content (AvgIpc) is 3.65. The lowest BCUT2D eigenvalue weighted by Gasteiger charge is -2.29. The molecule has 8 rings (SSSR count). The number of aromatic nitrogens is 4. The van der Waals surface area contributed by atoms with Crippen LogP contribution in [0, 0.1) is 5.82 Å². The van der Waals surface area contributed by atoms with Gasteiger partial charge in [-0.3, -0.25) is 19.4 Å². The summed E-state index contributed by atoms with van der Waals surface area (Å²) in [5.74, 6) is 1.55. The molecule has 0 atom stereocenters. The zero-order valence-corrected chi connectivity index (χ0v) is 31.5. The molecular formula is C41H45FN8O4S. The van der Waals surface area contributed by atoms with Crippen LogP contribution in [0.5, 0.6) is 11.6 Å². The van der Waals surface area contributed by atoms with Crippen molar-refractivity contribution in [1.29, 1.82) is 0 Å². The molecule has 286 valence electrons. The minimum Gasteiger partial charge on any atom is -0.438 e. The van der Waals surface area contributed by atoms with Crippen molar-refractivity contribution in [2.24, 2.45) is 0 Å². The highest BCUT2D eigenvalue weighted by molar-refractivity contribution is 7.99. The van der Waals surface area contributed by atoms with Crippen molar-refractivity contribution < 1.29 is 23.5 Å². The Labute approximate surface area is 323 Å². The Hall–Kier alpha value is -4.89. The topological polar surface area (TPSA) is 126 Å². The smallest absolute Gasteiger partial charge is 0.257 e. The first-order valence-corrected chi connectivity index (χ1v) is 20.2. The minimum absolute atomic E-state index is 0.0230. The van der Waals surface area contributed by atoms with Crippen molar-refractivity contribution in [3.8, 4) is 22.8 Å². The van der Waals surface area contributed by atoms with Crippen LogP contribution < -0.4 is 15.4 Å². The van der Waals surface area contributed by atoms with E-state index in [0.29, 0.717) is 42.6 Å². The summed E-state index contributed by atoms with van der Waals surface area (Å²) in [6.45, 7) is 7.18. The number of hydrogen-bond acceptors (Lipinski definition) is 10. The predicted octanol–water partition coefficient (Wildman–Crippen LogP) is 5.57. The van der Waals surface area contributed by atoms with Crippen molar-refractivity contribution in [2.45, 2.75) is 50.9 Å². The normalized spacial score (nSPS) is 19.6. The van der Waals surface area contributed by atoms with Gasteiger partial charge in [-0.2, -0.15) is 16.9 Å². The van der Waals surface area contributed by atoms with E-state index in [1.54, 1.807) is 23.0 Å². The minimum atomic E-state index is -0.629. The van der Waals surface area contributed by atoms with Crippen LogP contribution in [0.3, 0.4) is 0 Å². The van der Waals surface area contributed by atoms with Gasteiger partial charge in [0, 0.05) is 75.3 Å². The third kappa shape index (κ3) is 9.16. The van der Waals surface area contributed by atoms with E-state index in [2.05, 4.69) is 59.8 Å². The van der Waals surface area contributed by atoms with Crippen molar-refractivity contribution in [2.75, 3.05) is 50.9 Å². The molecule has 3 fully saturated rings. The third-order valence-corrected chi connectivity index (χ3v) is 11.5. The number of pyridine rings is 1. The lowest BCUT2D eigenvalue weighted by Crippen LogP contribution is -2.43. The molecule has 0 unspecified atom stereocenters. The Bertz CT molecular complexity index is 2130. The average molecular weight is 765 g/mol. The number of ether oxygens (including phenoxy) is 2. The summed E-state index contributed by atoms with van der Waals surface area (Å²) in [7, 11) is 0. The van der Waals surface area contributed by atoms with Crippen LogP contribution in [-0.2, 0) is 17.8 Å². The number of amides is 2. The van der Waals surface area contributed by atoms with Crippen LogP contribution in [0.4, 0.5) is 4.39 Å². The molecule has 5 aromatic rings. The first-order chi connectivity index (χ1) is 26.9. The van der Waals surface area contributed by atoms with Crippen LogP contribution in [-0.4, -0.2) is 104 Å². The summed E-state index contributed by atoms with van der Waals surface area (Å²) in [6, 6.07) is 17.2.